The molecule has 29 heavy (non-hydrogen) atoms. The van der Waals surface area contributed by atoms with Crippen LogP contribution in [0.1, 0.15) is 33.3 Å². The molecule has 2 rings (SSSR count). The highest BCUT2D eigenvalue weighted by Crippen LogP contribution is 2.51. The number of hydrogen-bond acceptors (Lipinski definition) is 9. The average Bonchev–Trinajstić information content (AvgIpc) is 2.58. The maximum atomic E-state index is 11.7. The lowest BCUT2D eigenvalue weighted by Crippen LogP contribution is -2.13. The Hall–Kier alpha value is -3.75. The maximum Gasteiger partial charge on any atom is 0.308 e. The Morgan fingerprint density at radius 1 is 0.759 bits per heavy atom. The molecule has 0 N–H and O–H groups in total. The molecule has 9 heteroatoms. The summed E-state index contributed by atoms with van der Waals surface area (Å²) in [5, 5.41) is 0. The first-order valence-corrected chi connectivity index (χ1v) is 8.45. The number of hydrogen-bond donors (Lipinski definition) is 0. The fourth-order valence-electron chi connectivity index (χ4n) is 2.55. The number of carbonyl (C=O) groups excluding carboxylic acids is 4. The van der Waals surface area contributed by atoms with Crippen molar-refractivity contribution in [3.8, 4) is 34.1 Å². The van der Waals surface area contributed by atoms with E-state index in [-0.39, 0.29) is 28.6 Å². The third-order valence-corrected chi connectivity index (χ3v) is 3.45. The predicted molar refractivity (Wildman–Crippen MR) is 99.6 cm³/mol. The van der Waals surface area contributed by atoms with Crippen molar-refractivity contribution >= 4 is 23.9 Å². The Morgan fingerprint density at radius 3 is 1.59 bits per heavy atom. The number of nitrogens with zero attached hydrogens (tertiary/aromatic N) is 1. The normalized spacial score (nSPS) is 10.1. The van der Waals surface area contributed by atoms with Crippen LogP contribution >= 0.6 is 0 Å². The van der Waals surface area contributed by atoms with Crippen LogP contribution in [0.4, 0.5) is 0 Å². The summed E-state index contributed by atoms with van der Waals surface area (Å²) in [6, 6.07) is 2.72. The zero-order chi connectivity index (χ0) is 21.7. The lowest BCUT2D eigenvalue weighted by Gasteiger charge is -2.20. The number of ether oxygens (including phenoxy) is 4. The molecule has 1 aromatic carbocycles. The molecule has 2 aromatic rings. The number of pyridine rings is 1. The molecule has 0 aliphatic heterocycles. The van der Waals surface area contributed by atoms with E-state index in [9.17, 15) is 19.2 Å². The van der Waals surface area contributed by atoms with Gasteiger partial charge in [0.25, 0.3) is 0 Å². The molecule has 0 amide bonds. The minimum absolute atomic E-state index is 0.0882. The zero-order valence-corrected chi connectivity index (χ0v) is 16.5. The largest absolute Gasteiger partial charge is 0.423 e. The standard InChI is InChI=1S/C20H19NO8/c1-10-9-21-7-6-15(10)18-19(28-13(4)24)16(26-11(2)22)8-17(27-12(3)23)20(18)29-14(5)25/h6-9H,1-5H3. The van der Waals surface area contributed by atoms with E-state index in [1.807, 2.05) is 0 Å². The second-order valence-electron chi connectivity index (χ2n) is 5.97. The van der Waals surface area contributed by atoms with Gasteiger partial charge >= 0.3 is 23.9 Å². The first kappa shape index (κ1) is 21.5. The van der Waals surface area contributed by atoms with Crippen molar-refractivity contribution in [2.24, 2.45) is 0 Å². The molecular formula is C20H19NO8. The second kappa shape index (κ2) is 8.96. The molecule has 0 saturated heterocycles. The quantitative estimate of drug-likeness (QED) is 0.550. The van der Waals surface area contributed by atoms with Gasteiger partial charge in [0.1, 0.15) is 0 Å². The predicted octanol–water partition coefficient (Wildman–Crippen LogP) is 2.76. The van der Waals surface area contributed by atoms with E-state index in [0.717, 1.165) is 33.8 Å². The minimum atomic E-state index is -0.708. The van der Waals surface area contributed by atoms with Gasteiger partial charge in [-0.1, -0.05) is 0 Å². The summed E-state index contributed by atoms with van der Waals surface area (Å²) in [6.07, 6.45) is 3.01. The minimum Gasteiger partial charge on any atom is -0.423 e. The fourth-order valence-corrected chi connectivity index (χ4v) is 2.55. The molecule has 0 unspecified atom stereocenters. The molecule has 0 aliphatic rings. The lowest BCUT2D eigenvalue weighted by molar-refractivity contribution is -0.135. The van der Waals surface area contributed by atoms with Crippen molar-refractivity contribution in [2.45, 2.75) is 34.6 Å². The van der Waals surface area contributed by atoms with Crippen LogP contribution in [0.3, 0.4) is 0 Å². The van der Waals surface area contributed by atoms with Gasteiger partial charge in [0.2, 0.25) is 0 Å². The highest BCUT2D eigenvalue weighted by Gasteiger charge is 2.28. The summed E-state index contributed by atoms with van der Waals surface area (Å²) >= 11 is 0. The molecule has 1 aromatic heterocycles. The molecule has 0 saturated carbocycles. The highest BCUT2D eigenvalue weighted by molar-refractivity contribution is 5.91. The summed E-state index contributed by atoms with van der Waals surface area (Å²) in [5.74, 6) is -3.55. The van der Waals surface area contributed by atoms with E-state index in [0.29, 0.717) is 11.1 Å². The van der Waals surface area contributed by atoms with Crippen LogP contribution in [-0.2, 0) is 19.2 Å². The zero-order valence-electron chi connectivity index (χ0n) is 16.5. The lowest BCUT2D eigenvalue weighted by atomic mass is 9.99. The van der Waals surface area contributed by atoms with Gasteiger partial charge in [-0.15, -0.1) is 0 Å². The molecule has 152 valence electrons. The average molecular weight is 401 g/mol. The molecule has 9 nitrogen and oxygen atoms in total. The summed E-state index contributed by atoms with van der Waals surface area (Å²) < 4.78 is 20.9. The van der Waals surface area contributed by atoms with Crippen LogP contribution in [0.2, 0.25) is 0 Å². The first-order chi connectivity index (χ1) is 13.6. The van der Waals surface area contributed by atoms with E-state index in [1.165, 1.54) is 12.4 Å². The molecule has 0 spiro atoms. The summed E-state index contributed by atoms with van der Waals surface area (Å²) in [5.41, 5.74) is 1.17. The van der Waals surface area contributed by atoms with Crippen molar-refractivity contribution in [3.63, 3.8) is 0 Å². The van der Waals surface area contributed by atoms with Gasteiger partial charge in [-0.3, -0.25) is 24.2 Å². The van der Waals surface area contributed by atoms with Gasteiger partial charge < -0.3 is 18.9 Å². The van der Waals surface area contributed by atoms with E-state index >= 15 is 0 Å². The summed E-state index contributed by atoms with van der Waals surface area (Å²) in [4.78, 5) is 50.7. The van der Waals surface area contributed by atoms with E-state index in [4.69, 9.17) is 18.9 Å². The third-order valence-electron chi connectivity index (χ3n) is 3.45. The molecule has 0 bridgehead atoms. The van der Waals surface area contributed by atoms with Crippen molar-refractivity contribution in [1.29, 1.82) is 0 Å². The van der Waals surface area contributed by atoms with Crippen molar-refractivity contribution in [2.75, 3.05) is 0 Å². The Kier molecular flexibility index (Phi) is 6.66. The van der Waals surface area contributed by atoms with Gasteiger partial charge in [0, 0.05) is 46.2 Å². The van der Waals surface area contributed by atoms with Crippen LogP contribution in [-0.4, -0.2) is 28.9 Å². The first-order valence-electron chi connectivity index (χ1n) is 8.45. The molecule has 0 aliphatic carbocycles. The second-order valence-corrected chi connectivity index (χ2v) is 5.97. The highest BCUT2D eigenvalue weighted by atomic mass is 16.6. The SMILES string of the molecule is CC(=O)Oc1cc(OC(C)=O)c(OC(C)=O)c(-c2ccncc2C)c1OC(C)=O. The van der Waals surface area contributed by atoms with Crippen molar-refractivity contribution < 1.29 is 38.1 Å². The number of rotatable bonds is 5. The van der Waals surface area contributed by atoms with Crippen LogP contribution in [0.15, 0.2) is 24.5 Å². The van der Waals surface area contributed by atoms with Crippen LogP contribution in [0.5, 0.6) is 23.0 Å². The van der Waals surface area contributed by atoms with E-state index < -0.39 is 23.9 Å². The Bertz CT molecular complexity index is 942. The molecule has 0 atom stereocenters. The van der Waals surface area contributed by atoms with Crippen LogP contribution in [0, 0.1) is 6.92 Å². The monoisotopic (exact) mass is 401 g/mol. The number of carbonyl (C=O) groups is 4. The number of benzene rings is 1. The van der Waals surface area contributed by atoms with Crippen molar-refractivity contribution in [1.82, 2.24) is 4.98 Å². The molecular weight excluding hydrogens is 382 g/mol. The fraction of sp³-hybridized carbons (Fsp3) is 0.250. The van der Waals surface area contributed by atoms with Gasteiger partial charge in [0.15, 0.2) is 23.0 Å². The van der Waals surface area contributed by atoms with Crippen molar-refractivity contribution in [3.05, 3.63) is 30.1 Å². The third kappa shape index (κ3) is 5.38. The Labute approximate surface area is 166 Å². The van der Waals surface area contributed by atoms with Gasteiger partial charge in [-0.2, -0.15) is 0 Å². The molecule has 0 fully saturated rings. The Balaban J connectivity index is 2.99. The van der Waals surface area contributed by atoms with Gasteiger partial charge in [-0.05, 0) is 24.1 Å². The smallest absolute Gasteiger partial charge is 0.308 e. The number of aryl methyl sites for hydroxylation is 1. The van der Waals surface area contributed by atoms with Crippen LogP contribution < -0.4 is 18.9 Å². The maximum absolute atomic E-state index is 11.7. The van der Waals surface area contributed by atoms with Gasteiger partial charge in [-0.25, -0.2) is 0 Å². The van der Waals surface area contributed by atoms with Gasteiger partial charge in [0.05, 0.1) is 5.56 Å². The number of esters is 4. The summed E-state index contributed by atoms with van der Waals surface area (Å²) in [6.45, 7) is 6.35. The molecule has 0 radical (unpaired) electrons. The molecule has 1 heterocycles. The number of aromatic nitrogens is 1. The van der Waals surface area contributed by atoms with E-state index in [1.54, 1.807) is 13.0 Å². The van der Waals surface area contributed by atoms with E-state index in [2.05, 4.69) is 4.98 Å². The summed E-state index contributed by atoms with van der Waals surface area (Å²) in [7, 11) is 0. The van der Waals surface area contributed by atoms with Crippen LogP contribution in [0.25, 0.3) is 11.1 Å². The Morgan fingerprint density at radius 2 is 1.21 bits per heavy atom. The topological polar surface area (TPSA) is 118 Å².